The van der Waals surface area contributed by atoms with Crippen molar-refractivity contribution in [1.82, 2.24) is 0 Å². The predicted molar refractivity (Wildman–Crippen MR) is 127 cm³/mol. The number of para-hydroxylation sites is 1. The molecule has 0 saturated heterocycles. The van der Waals surface area contributed by atoms with E-state index in [1.54, 1.807) is 0 Å². The van der Waals surface area contributed by atoms with Gasteiger partial charge in [-0.15, -0.1) is 0 Å². The lowest BCUT2D eigenvalue weighted by Crippen LogP contribution is -2.14. The summed E-state index contributed by atoms with van der Waals surface area (Å²) in [6.45, 7) is 0. The Bertz CT molecular complexity index is 1180. The number of amides is 1. The minimum Gasteiger partial charge on any atom is -0.507 e. The molecule has 0 saturated carbocycles. The van der Waals surface area contributed by atoms with E-state index >= 15 is 0 Å². The zero-order chi connectivity index (χ0) is 21.5. The summed E-state index contributed by atoms with van der Waals surface area (Å²) in [5, 5.41) is 14.0. The quantitative estimate of drug-likeness (QED) is 0.381. The maximum absolute atomic E-state index is 13.2. The summed E-state index contributed by atoms with van der Waals surface area (Å²) in [5.74, 6) is -0.330. The molecule has 0 fully saturated rings. The Morgan fingerprint density at radius 2 is 1.39 bits per heavy atom. The number of benzene rings is 4. The molecule has 0 bridgehead atoms. The highest BCUT2D eigenvalue weighted by Crippen LogP contribution is 2.34. The fourth-order valence-corrected chi connectivity index (χ4v) is 3.49. The van der Waals surface area contributed by atoms with Crippen LogP contribution in [-0.4, -0.2) is 11.0 Å². The topological polar surface area (TPSA) is 49.3 Å². The van der Waals surface area contributed by atoms with Crippen molar-refractivity contribution in [3.05, 3.63) is 126 Å². The van der Waals surface area contributed by atoms with Crippen LogP contribution in [-0.2, 0) is 6.42 Å². The van der Waals surface area contributed by atoms with E-state index in [4.69, 9.17) is 0 Å². The molecule has 0 radical (unpaired) electrons. The Morgan fingerprint density at radius 1 is 0.774 bits per heavy atom. The number of carbonyl (C=O) groups is 1. The summed E-state index contributed by atoms with van der Waals surface area (Å²) in [4.78, 5) is 13.2. The molecular formula is C28H23NO2. The maximum Gasteiger partial charge on any atom is 0.260 e. The number of nitrogens with one attached hydrogen (secondary N) is 1. The number of carbonyl (C=O) groups excluding carboxylic acids is 1. The summed E-state index contributed by atoms with van der Waals surface area (Å²) in [6, 6.07) is 32.7. The third-order valence-corrected chi connectivity index (χ3v) is 5.05. The normalized spacial score (nSPS) is 10.8. The van der Waals surface area contributed by atoms with Crippen LogP contribution in [0.2, 0.25) is 0 Å². The molecule has 0 spiro atoms. The molecular weight excluding hydrogens is 382 g/mol. The van der Waals surface area contributed by atoms with Crippen molar-refractivity contribution in [2.24, 2.45) is 0 Å². The highest BCUT2D eigenvalue weighted by Gasteiger charge is 2.20. The molecule has 0 aliphatic heterocycles. The van der Waals surface area contributed by atoms with E-state index in [1.165, 1.54) is 0 Å². The van der Waals surface area contributed by atoms with E-state index in [0.29, 0.717) is 23.2 Å². The van der Waals surface area contributed by atoms with Gasteiger partial charge < -0.3 is 10.4 Å². The van der Waals surface area contributed by atoms with Crippen LogP contribution in [0.25, 0.3) is 17.2 Å². The van der Waals surface area contributed by atoms with Gasteiger partial charge in [0.05, 0.1) is 5.56 Å². The molecule has 0 unspecified atom stereocenters. The Balaban J connectivity index is 1.69. The standard InChI is InChI=1S/C28H23NO2/c30-27-23(16-10-13-21-11-4-1-5-12-21)19-20-25(22-14-6-2-7-15-22)26(27)28(31)29-24-17-8-3-9-18-24/h1-15,17-20,30H,16H2,(H,29,31)/b13-10+. The van der Waals surface area contributed by atoms with Gasteiger partial charge in [-0.25, -0.2) is 0 Å². The Labute approximate surface area is 182 Å². The van der Waals surface area contributed by atoms with Crippen molar-refractivity contribution >= 4 is 17.7 Å². The van der Waals surface area contributed by atoms with Gasteiger partial charge in [-0.1, -0.05) is 103 Å². The molecule has 0 heterocycles. The van der Waals surface area contributed by atoms with Gasteiger partial charge in [0.15, 0.2) is 0 Å². The van der Waals surface area contributed by atoms with Crippen molar-refractivity contribution in [3.63, 3.8) is 0 Å². The lowest BCUT2D eigenvalue weighted by atomic mass is 9.94. The van der Waals surface area contributed by atoms with Crippen molar-refractivity contribution in [2.45, 2.75) is 6.42 Å². The molecule has 0 atom stereocenters. The largest absolute Gasteiger partial charge is 0.507 e. The molecule has 4 aromatic carbocycles. The van der Waals surface area contributed by atoms with Crippen LogP contribution in [0.5, 0.6) is 5.75 Å². The third-order valence-electron chi connectivity index (χ3n) is 5.05. The maximum atomic E-state index is 13.2. The molecule has 0 aliphatic carbocycles. The first kappa shape index (κ1) is 20.2. The lowest BCUT2D eigenvalue weighted by molar-refractivity contribution is 0.102. The predicted octanol–water partition coefficient (Wildman–Crippen LogP) is 6.57. The van der Waals surface area contributed by atoms with E-state index in [2.05, 4.69) is 5.32 Å². The van der Waals surface area contributed by atoms with Gasteiger partial charge in [-0.2, -0.15) is 0 Å². The molecule has 152 valence electrons. The van der Waals surface area contributed by atoms with Gasteiger partial charge in [0.25, 0.3) is 5.91 Å². The second-order valence-electron chi connectivity index (χ2n) is 7.20. The minimum absolute atomic E-state index is 0.00694. The van der Waals surface area contributed by atoms with Crippen molar-refractivity contribution in [2.75, 3.05) is 5.32 Å². The average Bonchev–Trinajstić information content (AvgIpc) is 2.82. The second kappa shape index (κ2) is 9.59. The Morgan fingerprint density at radius 3 is 2.06 bits per heavy atom. The Hall–Kier alpha value is -4.11. The monoisotopic (exact) mass is 405 g/mol. The van der Waals surface area contributed by atoms with E-state index in [0.717, 1.165) is 11.1 Å². The first-order chi connectivity index (χ1) is 15.2. The SMILES string of the molecule is O=C(Nc1ccccc1)c1c(-c2ccccc2)ccc(C/C=C/c2ccccc2)c1O. The highest BCUT2D eigenvalue weighted by molar-refractivity contribution is 6.11. The van der Waals surface area contributed by atoms with Gasteiger partial charge in [-0.3, -0.25) is 4.79 Å². The van der Waals surface area contributed by atoms with Gasteiger partial charge >= 0.3 is 0 Å². The van der Waals surface area contributed by atoms with Gasteiger partial charge in [0.2, 0.25) is 0 Å². The number of allylic oxidation sites excluding steroid dienone is 1. The summed E-state index contributed by atoms with van der Waals surface area (Å²) < 4.78 is 0. The fourth-order valence-electron chi connectivity index (χ4n) is 3.49. The summed E-state index contributed by atoms with van der Waals surface area (Å²) in [6.07, 6.45) is 4.52. The van der Waals surface area contributed by atoms with Gasteiger partial charge in [0, 0.05) is 5.69 Å². The highest BCUT2D eigenvalue weighted by atomic mass is 16.3. The average molecular weight is 405 g/mol. The number of hydrogen-bond donors (Lipinski definition) is 2. The molecule has 31 heavy (non-hydrogen) atoms. The van der Waals surface area contributed by atoms with Gasteiger partial charge in [0.1, 0.15) is 5.75 Å². The molecule has 3 nitrogen and oxygen atoms in total. The molecule has 3 heteroatoms. The van der Waals surface area contributed by atoms with Crippen molar-refractivity contribution in [3.8, 4) is 16.9 Å². The van der Waals surface area contributed by atoms with Crippen molar-refractivity contribution < 1.29 is 9.90 Å². The zero-order valence-electron chi connectivity index (χ0n) is 17.0. The van der Waals surface area contributed by atoms with E-state index in [9.17, 15) is 9.90 Å². The Kier molecular flexibility index (Phi) is 6.24. The number of hydrogen-bond acceptors (Lipinski definition) is 2. The molecule has 2 N–H and O–H groups in total. The number of aromatic hydroxyl groups is 1. The van der Waals surface area contributed by atoms with Crippen LogP contribution in [0.4, 0.5) is 5.69 Å². The summed E-state index contributed by atoms with van der Waals surface area (Å²) in [5.41, 5.74) is 4.32. The minimum atomic E-state index is -0.337. The van der Waals surface area contributed by atoms with E-state index < -0.39 is 0 Å². The van der Waals surface area contributed by atoms with Crippen LogP contribution in [0.3, 0.4) is 0 Å². The lowest BCUT2D eigenvalue weighted by Gasteiger charge is -2.15. The fraction of sp³-hybridized carbons (Fsp3) is 0.0357. The molecule has 4 aromatic rings. The molecule has 0 aromatic heterocycles. The van der Waals surface area contributed by atoms with E-state index in [1.807, 2.05) is 115 Å². The summed E-state index contributed by atoms with van der Waals surface area (Å²) >= 11 is 0. The number of rotatable bonds is 6. The molecule has 0 aliphatic rings. The van der Waals surface area contributed by atoms with Crippen LogP contribution in [0.15, 0.2) is 109 Å². The summed E-state index contributed by atoms with van der Waals surface area (Å²) in [7, 11) is 0. The second-order valence-corrected chi connectivity index (χ2v) is 7.20. The van der Waals surface area contributed by atoms with Crippen LogP contribution < -0.4 is 5.32 Å². The smallest absolute Gasteiger partial charge is 0.260 e. The number of anilines is 1. The zero-order valence-corrected chi connectivity index (χ0v) is 17.0. The first-order valence-corrected chi connectivity index (χ1v) is 10.2. The molecule has 4 rings (SSSR count). The third kappa shape index (κ3) is 4.90. The van der Waals surface area contributed by atoms with Crippen LogP contribution in [0, 0.1) is 0 Å². The van der Waals surface area contributed by atoms with E-state index in [-0.39, 0.29) is 17.2 Å². The van der Waals surface area contributed by atoms with Crippen LogP contribution in [0.1, 0.15) is 21.5 Å². The van der Waals surface area contributed by atoms with Crippen molar-refractivity contribution in [1.29, 1.82) is 0 Å². The first-order valence-electron chi connectivity index (χ1n) is 10.2. The number of phenols is 1. The number of phenolic OH excluding ortho intramolecular Hbond substituents is 1. The van der Waals surface area contributed by atoms with Crippen LogP contribution >= 0.6 is 0 Å². The molecule has 1 amide bonds. The van der Waals surface area contributed by atoms with Gasteiger partial charge in [-0.05, 0) is 40.8 Å².